The van der Waals surface area contributed by atoms with Crippen molar-refractivity contribution in [3.63, 3.8) is 0 Å². The molecule has 4 unspecified atom stereocenters. The SMILES string of the molecule is CC1(O)[C@@H](O)C(COP(=O)(O)OP(=O)(O)OP(=O)(O)O)O[C@H]1n1cnc2c(N)ncnc21. The van der Waals surface area contributed by atoms with Gasteiger partial charge in [0.05, 0.1) is 12.9 Å². The lowest BCUT2D eigenvalue weighted by Crippen LogP contribution is -2.44. The van der Waals surface area contributed by atoms with Crippen LogP contribution >= 0.6 is 23.5 Å². The highest BCUT2D eigenvalue weighted by molar-refractivity contribution is 7.66. The average molecular weight is 521 g/mol. The Labute approximate surface area is 178 Å². The summed E-state index contributed by atoms with van der Waals surface area (Å²) in [4.78, 5) is 47.5. The maximum Gasteiger partial charge on any atom is 0.490 e. The highest BCUT2D eigenvalue weighted by Gasteiger charge is 2.54. The van der Waals surface area contributed by atoms with E-state index in [0.717, 1.165) is 6.33 Å². The molecule has 0 amide bonds. The zero-order valence-electron chi connectivity index (χ0n) is 15.8. The summed E-state index contributed by atoms with van der Waals surface area (Å²) in [5, 5.41) is 21.1. The van der Waals surface area contributed by atoms with Gasteiger partial charge in [-0.05, 0) is 6.92 Å². The van der Waals surface area contributed by atoms with Gasteiger partial charge in [0, 0.05) is 0 Å². The van der Waals surface area contributed by atoms with Crippen LogP contribution in [0, 0.1) is 0 Å². The van der Waals surface area contributed by atoms with E-state index in [1.165, 1.54) is 17.8 Å². The molecule has 1 aliphatic rings. The summed E-state index contributed by atoms with van der Waals surface area (Å²) in [5.74, 6) is 0.0381. The standard InChI is InChI=1S/C11H18N5O13P3/c1-11(18)7(17)5(2-26-31(22,23)29-32(24,25)28-30(19,20)21)27-10(11)16-4-15-6-8(12)13-3-14-9(6)16/h3-5,7,10,17-18H,2H2,1H3,(H,22,23)(H,24,25)(H2,12,13,14)(H2,19,20,21)/t5?,7-,10+,11?/m0/s1. The molecule has 3 heterocycles. The first-order valence-corrected chi connectivity index (χ1v) is 12.8. The summed E-state index contributed by atoms with van der Waals surface area (Å²) in [6, 6.07) is 0. The highest BCUT2D eigenvalue weighted by atomic mass is 31.3. The molecule has 6 atom stereocenters. The molecule has 0 saturated carbocycles. The molecule has 2 aromatic rings. The number of rotatable bonds is 8. The number of aliphatic hydroxyl groups excluding tert-OH is 1. The summed E-state index contributed by atoms with van der Waals surface area (Å²) in [6.07, 6.45) is -2.23. The number of aliphatic hydroxyl groups is 2. The molecule has 18 nitrogen and oxygen atoms in total. The average Bonchev–Trinajstić information content (AvgIpc) is 3.11. The monoisotopic (exact) mass is 521 g/mol. The van der Waals surface area contributed by atoms with Crippen LogP contribution in [0.25, 0.3) is 11.2 Å². The second kappa shape index (κ2) is 8.45. The van der Waals surface area contributed by atoms with Crippen LogP contribution in [0.4, 0.5) is 5.82 Å². The number of nitrogens with zero attached hydrogens (tertiary/aromatic N) is 4. The Morgan fingerprint density at radius 2 is 1.81 bits per heavy atom. The van der Waals surface area contributed by atoms with Crippen LogP contribution in [-0.2, 0) is 31.6 Å². The Morgan fingerprint density at radius 3 is 2.44 bits per heavy atom. The van der Waals surface area contributed by atoms with Crippen molar-refractivity contribution in [2.24, 2.45) is 0 Å². The van der Waals surface area contributed by atoms with Gasteiger partial charge < -0.3 is 40.3 Å². The van der Waals surface area contributed by atoms with Crippen LogP contribution < -0.4 is 5.73 Å². The van der Waals surface area contributed by atoms with Crippen LogP contribution in [0.5, 0.6) is 0 Å². The van der Waals surface area contributed by atoms with E-state index in [4.69, 9.17) is 25.2 Å². The number of phosphoric ester groups is 1. The normalized spacial score (nSPS) is 30.3. The number of hydrogen-bond acceptors (Lipinski definition) is 13. The maximum atomic E-state index is 11.9. The highest BCUT2D eigenvalue weighted by Crippen LogP contribution is 2.66. The van der Waals surface area contributed by atoms with Crippen molar-refractivity contribution in [2.45, 2.75) is 31.0 Å². The lowest BCUT2D eigenvalue weighted by molar-refractivity contribution is -0.0949. The van der Waals surface area contributed by atoms with Crippen molar-refractivity contribution in [3.05, 3.63) is 12.7 Å². The lowest BCUT2D eigenvalue weighted by atomic mass is 9.96. The maximum absolute atomic E-state index is 11.9. The van der Waals surface area contributed by atoms with E-state index in [0.29, 0.717) is 0 Å². The number of nitrogen functional groups attached to an aromatic ring is 1. The summed E-state index contributed by atoms with van der Waals surface area (Å²) in [7, 11) is -16.7. The van der Waals surface area contributed by atoms with Crippen LogP contribution in [0.1, 0.15) is 13.2 Å². The largest absolute Gasteiger partial charge is 0.490 e. The van der Waals surface area contributed by atoms with Gasteiger partial charge in [0.1, 0.15) is 29.7 Å². The minimum Gasteiger partial charge on any atom is -0.387 e. The first kappa shape index (κ1) is 25.3. The molecule has 0 bridgehead atoms. The summed E-state index contributed by atoms with van der Waals surface area (Å²) in [5.41, 5.74) is 4.00. The molecule has 0 aromatic carbocycles. The third kappa shape index (κ3) is 5.40. The van der Waals surface area contributed by atoms with Crippen molar-refractivity contribution in [1.82, 2.24) is 19.5 Å². The molecule has 3 rings (SSSR count). The van der Waals surface area contributed by atoms with Crippen LogP contribution in [0.2, 0.25) is 0 Å². The molecule has 1 saturated heterocycles. The fourth-order valence-electron chi connectivity index (χ4n) is 2.89. The van der Waals surface area contributed by atoms with Crippen molar-refractivity contribution in [1.29, 1.82) is 0 Å². The number of anilines is 1. The number of ether oxygens (including phenoxy) is 1. The summed E-state index contributed by atoms with van der Waals surface area (Å²) in [6.45, 7) is 0.213. The molecule has 0 radical (unpaired) electrons. The lowest BCUT2D eigenvalue weighted by Gasteiger charge is -2.27. The number of phosphoric acid groups is 3. The van der Waals surface area contributed by atoms with Gasteiger partial charge in [-0.2, -0.15) is 8.62 Å². The van der Waals surface area contributed by atoms with Gasteiger partial charge in [-0.25, -0.2) is 28.6 Å². The Bertz CT molecular complexity index is 1150. The molecular weight excluding hydrogens is 503 g/mol. The Balaban J connectivity index is 1.74. The van der Waals surface area contributed by atoms with Gasteiger partial charge in [0.15, 0.2) is 17.7 Å². The third-order valence-corrected chi connectivity index (χ3v) is 8.01. The first-order chi connectivity index (χ1) is 14.5. The Morgan fingerprint density at radius 1 is 1.16 bits per heavy atom. The van der Waals surface area contributed by atoms with Gasteiger partial charge in [0.25, 0.3) is 0 Å². The van der Waals surface area contributed by atoms with E-state index < -0.39 is 54.1 Å². The fourth-order valence-corrected chi connectivity index (χ4v) is 5.92. The molecule has 180 valence electrons. The Hall–Kier alpha value is -1.36. The second-order valence-corrected chi connectivity index (χ2v) is 11.1. The molecule has 32 heavy (non-hydrogen) atoms. The Kier molecular flexibility index (Phi) is 6.67. The predicted octanol–water partition coefficient (Wildman–Crippen LogP) is -1.24. The number of nitrogens with two attached hydrogens (primary N) is 1. The second-order valence-electron chi connectivity index (χ2n) is 6.67. The summed E-state index contributed by atoms with van der Waals surface area (Å²) < 4.78 is 52.2. The van der Waals surface area contributed by atoms with E-state index >= 15 is 0 Å². The van der Waals surface area contributed by atoms with Crippen molar-refractivity contribution in [2.75, 3.05) is 12.3 Å². The first-order valence-electron chi connectivity index (χ1n) is 8.30. The van der Waals surface area contributed by atoms with Gasteiger partial charge in [-0.15, -0.1) is 0 Å². The number of aromatic nitrogens is 4. The van der Waals surface area contributed by atoms with Gasteiger partial charge in [0.2, 0.25) is 0 Å². The third-order valence-electron chi connectivity index (χ3n) is 4.21. The van der Waals surface area contributed by atoms with Crippen LogP contribution in [0.3, 0.4) is 0 Å². The number of fused-ring (bicyclic) bond motifs is 1. The van der Waals surface area contributed by atoms with E-state index in [1.54, 1.807) is 0 Å². The fraction of sp³-hybridized carbons (Fsp3) is 0.545. The van der Waals surface area contributed by atoms with Gasteiger partial charge in [-0.3, -0.25) is 9.09 Å². The molecular formula is C11H18N5O13P3. The van der Waals surface area contributed by atoms with Crippen LogP contribution in [0.15, 0.2) is 12.7 Å². The minimum atomic E-state index is -5.71. The smallest absolute Gasteiger partial charge is 0.387 e. The minimum absolute atomic E-state index is 0.0381. The van der Waals surface area contributed by atoms with E-state index in [-0.39, 0.29) is 17.0 Å². The summed E-state index contributed by atoms with van der Waals surface area (Å²) >= 11 is 0. The topological polar surface area (TPSA) is 279 Å². The molecule has 1 aliphatic heterocycles. The molecule has 2 aromatic heterocycles. The van der Waals surface area contributed by atoms with Crippen molar-refractivity contribution < 1.29 is 61.4 Å². The van der Waals surface area contributed by atoms with Crippen LogP contribution in [-0.4, -0.2) is 73.7 Å². The van der Waals surface area contributed by atoms with Crippen molar-refractivity contribution in [3.8, 4) is 0 Å². The molecule has 0 aliphatic carbocycles. The van der Waals surface area contributed by atoms with Gasteiger partial charge >= 0.3 is 23.5 Å². The van der Waals surface area contributed by atoms with E-state index in [2.05, 4.69) is 28.1 Å². The zero-order chi connectivity index (χ0) is 24.1. The molecule has 1 fully saturated rings. The number of hydrogen-bond donors (Lipinski definition) is 7. The molecule has 21 heteroatoms. The molecule has 8 N–H and O–H groups in total. The molecule has 0 spiro atoms. The van der Waals surface area contributed by atoms with E-state index in [9.17, 15) is 28.8 Å². The number of imidazole rings is 1. The quantitative estimate of drug-likeness (QED) is 0.200. The van der Waals surface area contributed by atoms with Crippen molar-refractivity contribution >= 4 is 40.4 Å². The predicted molar refractivity (Wildman–Crippen MR) is 100 cm³/mol. The van der Waals surface area contributed by atoms with E-state index in [1.807, 2.05) is 0 Å². The zero-order valence-corrected chi connectivity index (χ0v) is 18.5. The van der Waals surface area contributed by atoms with Gasteiger partial charge in [-0.1, -0.05) is 0 Å².